The first-order valence-corrected chi connectivity index (χ1v) is 6.66. The Morgan fingerprint density at radius 1 is 1.10 bits per heavy atom. The fourth-order valence-electron chi connectivity index (χ4n) is 1.99. The summed E-state index contributed by atoms with van der Waals surface area (Å²) in [7, 11) is 0. The number of nitrogens with zero attached hydrogens (tertiary/aromatic N) is 1. The molecule has 0 amide bonds. The van der Waals surface area contributed by atoms with Crippen LogP contribution in [0.5, 0.6) is 0 Å². The number of hydrogen-bond donors (Lipinski definition) is 1. The smallest absolute Gasteiger partial charge is 0.253 e. The van der Waals surface area contributed by atoms with Gasteiger partial charge in [-0.25, -0.2) is 0 Å². The van der Waals surface area contributed by atoms with Gasteiger partial charge in [0.1, 0.15) is 5.69 Å². The van der Waals surface area contributed by atoms with Crippen molar-refractivity contribution < 1.29 is 17.6 Å². The summed E-state index contributed by atoms with van der Waals surface area (Å²) in [6, 6.07) is 1.37. The maximum absolute atomic E-state index is 13.5. The van der Waals surface area contributed by atoms with Crippen molar-refractivity contribution in [1.82, 2.24) is 4.98 Å². The Hall–Kier alpha value is -1.63. The molecular weight excluding hydrogens is 292 g/mol. The van der Waals surface area contributed by atoms with Crippen LogP contribution in [0.1, 0.15) is 28.3 Å². The van der Waals surface area contributed by atoms with Crippen molar-refractivity contribution in [1.29, 1.82) is 0 Å². The maximum atomic E-state index is 13.5. The number of hydrogen-bond acceptors (Lipinski definition) is 3. The van der Waals surface area contributed by atoms with Gasteiger partial charge in [-0.2, -0.15) is 22.5 Å². The lowest BCUT2D eigenvalue weighted by Crippen LogP contribution is -2.13. The molecule has 2 aromatic rings. The molecule has 108 valence electrons. The number of halogens is 4. The van der Waals surface area contributed by atoms with Crippen LogP contribution in [0, 0.1) is 37.4 Å². The van der Waals surface area contributed by atoms with Crippen LogP contribution in [-0.4, -0.2) is 4.98 Å². The third-order valence-electron chi connectivity index (χ3n) is 2.90. The number of aromatic nitrogens is 1. The van der Waals surface area contributed by atoms with Crippen molar-refractivity contribution in [3.05, 3.63) is 44.9 Å². The fraction of sp³-hybridized carbons (Fsp3) is 0.308. The first-order valence-electron chi connectivity index (χ1n) is 5.84. The van der Waals surface area contributed by atoms with Gasteiger partial charge in [-0.1, -0.05) is 0 Å². The summed E-state index contributed by atoms with van der Waals surface area (Å²) in [5.41, 5.74) is -0.0188. The molecule has 0 aliphatic carbocycles. The van der Waals surface area contributed by atoms with Crippen molar-refractivity contribution in [2.24, 2.45) is 0 Å². The van der Waals surface area contributed by atoms with Crippen LogP contribution in [0.3, 0.4) is 0 Å². The van der Waals surface area contributed by atoms with E-state index in [4.69, 9.17) is 0 Å². The van der Waals surface area contributed by atoms with Gasteiger partial charge in [0, 0.05) is 15.8 Å². The average Bonchev–Trinajstić information content (AvgIpc) is 2.71. The summed E-state index contributed by atoms with van der Waals surface area (Å²) in [5, 5.41) is 2.47. The van der Waals surface area contributed by atoms with Crippen LogP contribution in [0.25, 0.3) is 0 Å². The molecule has 20 heavy (non-hydrogen) atoms. The van der Waals surface area contributed by atoms with Crippen LogP contribution in [0.4, 0.5) is 23.2 Å². The second kappa shape index (κ2) is 5.40. The molecule has 2 nitrogen and oxygen atoms in total. The van der Waals surface area contributed by atoms with E-state index < -0.39 is 35.3 Å². The SMILES string of the molecule is Cc1cc(C(C)Nc2c(F)c(F)nc(F)c2F)c(C)s1. The van der Waals surface area contributed by atoms with E-state index >= 15 is 0 Å². The number of aryl methyl sites for hydroxylation is 2. The highest BCUT2D eigenvalue weighted by molar-refractivity contribution is 7.12. The minimum atomic E-state index is -1.67. The molecule has 0 bridgehead atoms. The van der Waals surface area contributed by atoms with E-state index in [0.29, 0.717) is 0 Å². The minimum absolute atomic E-state index is 0.495. The van der Waals surface area contributed by atoms with Crippen molar-refractivity contribution in [3.63, 3.8) is 0 Å². The van der Waals surface area contributed by atoms with Gasteiger partial charge in [-0.3, -0.25) is 0 Å². The second-order valence-electron chi connectivity index (χ2n) is 4.43. The molecule has 0 aliphatic heterocycles. The van der Waals surface area contributed by atoms with Gasteiger partial charge < -0.3 is 5.32 Å². The first-order chi connectivity index (χ1) is 9.31. The summed E-state index contributed by atoms with van der Waals surface area (Å²) in [6.07, 6.45) is 0. The quantitative estimate of drug-likeness (QED) is 0.667. The summed E-state index contributed by atoms with van der Waals surface area (Å²) in [6.45, 7) is 5.43. The molecule has 2 heterocycles. The first kappa shape index (κ1) is 14.8. The van der Waals surface area contributed by atoms with Crippen molar-refractivity contribution in [2.45, 2.75) is 26.8 Å². The van der Waals surface area contributed by atoms with E-state index in [9.17, 15) is 17.6 Å². The van der Waals surface area contributed by atoms with Gasteiger partial charge in [0.05, 0.1) is 0 Å². The Labute approximate surface area is 117 Å². The molecule has 0 fully saturated rings. The van der Waals surface area contributed by atoms with E-state index in [1.54, 1.807) is 6.92 Å². The topological polar surface area (TPSA) is 24.9 Å². The summed E-state index contributed by atoms with van der Waals surface area (Å²) in [4.78, 5) is 4.53. The molecule has 0 aromatic carbocycles. The average molecular weight is 304 g/mol. The Bertz CT molecular complexity index is 628. The standard InChI is InChI=1S/C13H12F4N2S/c1-5-4-8(7(3)20-5)6(2)18-11-9(14)12(16)19-13(17)10(11)15/h4,6H,1-3H3,(H,18,19). The fourth-order valence-corrected chi connectivity index (χ4v) is 3.01. The van der Waals surface area contributed by atoms with E-state index in [-0.39, 0.29) is 0 Å². The Balaban J connectivity index is 2.37. The number of anilines is 1. The van der Waals surface area contributed by atoms with Crippen LogP contribution in [0.2, 0.25) is 0 Å². The van der Waals surface area contributed by atoms with E-state index in [0.717, 1.165) is 15.3 Å². The van der Waals surface area contributed by atoms with Crippen LogP contribution >= 0.6 is 11.3 Å². The zero-order valence-electron chi connectivity index (χ0n) is 11.0. The summed E-state index contributed by atoms with van der Waals surface area (Å²) >= 11 is 1.53. The van der Waals surface area contributed by atoms with Gasteiger partial charge in [-0.05, 0) is 32.4 Å². The van der Waals surface area contributed by atoms with Crippen LogP contribution < -0.4 is 5.32 Å². The molecule has 0 spiro atoms. The zero-order valence-corrected chi connectivity index (χ0v) is 11.8. The number of thiophene rings is 1. The number of rotatable bonds is 3. The number of pyridine rings is 1. The van der Waals surface area contributed by atoms with Gasteiger partial charge >= 0.3 is 0 Å². The highest BCUT2D eigenvalue weighted by atomic mass is 32.1. The van der Waals surface area contributed by atoms with E-state index in [1.165, 1.54) is 11.3 Å². The van der Waals surface area contributed by atoms with Crippen molar-refractivity contribution in [2.75, 3.05) is 5.32 Å². The minimum Gasteiger partial charge on any atom is -0.373 e. The van der Waals surface area contributed by atoms with E-state index in [1.807, 2.05) is 19.9 Å². The second-order valence-corrected chi connectivity index (χ2v) is 5.89. The monoisotopic (exact) mass is 304 g/mol. The van der Waals surface area contributed by atoms with Crippen molar-refractivity contribution >= 4 is 17.0 Å². The third kappa shape index (κ3) is 2.63. The molecule has 2 rings (SSSR count). The molecule has 0 aliphatic rings. The Morgan fingerprint density at radius 2 is 1.65 bits per heavy atom. The van der Waals surface area contributed by atoms with Crippen LogP contribution in [0.15, 0.2) is 6.07 Å². The molecule has 1 N–H and O–H groups in total. The molecule has 2 aromatic heterocycles. The van der Waals surface area contributed by atoms with E-state index in [2.05, 4.69) is 10.3 Å². The van der Waals surface area contributed by atoms with Gasteiger partial charge in [0.2, 0.25) is 11.6 Å². The molecular formula is C13H12F4N2S. The van der Waals surface area contributed by atoms with Crippen molar-refractivity contribution in [3.8, 4) is 0 Å². The third-order valence-corrected chi connectivity index (χ3v) is 3.89. The largest absolute Gasteiger partial charge is 0.373 e. The zero-order chi connectivity index (χ0) is 15.0. The summed E-state index contributed by atoms with van der Waals surface area (Å²) < 4.78 is 53.1. The number of nitrogens with one attached hydrogen (secondary N) is 1. The highest BCUT2D eigenvalue weighted by Crippen LogP contribution is 2.31. The predicted octanol–water partition coefficient (Wildman–Crippen LogP) is 4.49. The lowest BCUT2D eigenvalue weighted by molar-refractivity contribution is 0.410. The summed E-state index contributed by atoms with van der Waals surface area (Å²) in [5.74, 6) is -6.39. The Morgan fingerprint density at radius 3 is 2.10 bits per heavy atom. The molecule has 0 radical (unpaired) electrons. The van der Waals surface area contributed by atoms with Gasteiger partial charge in [0.25, 0.3) is 11.9 Å². The van der Waals surface area contributed by atoms with Gasteiger partial charge in [0.15, 0.2) is 0 Å². The Kier molecular flexibility index (Phi) is 3.99. The highest BCUT2D eigenvalue weighted by Gasteiger charge is 2.23. The molecule has 0 saturated heterocycles. The predicted molar refractivity (Wildman–Crippen MR) is 69.9 cm³/mol. The van der Waals surface area contributed by atoms with Crippen LogP contribution in [-0.2, 0) is 0 Å². The maximum Gasteiger partial charge on any atom is 0.253 e. The molecule has 7 heteroatoms. The molecule has 1 unspecified atom stereocenters. The molecule has 0 saturated carbocycles. The normalized spacial score (nSPS) is 12.6. The lowest BCUT2D eigenvalue weighted by atomic mass is 10.1. The van der Waals surface area contributed by atoms with Gasteiger partial charge in [-0.15, -0.1) is 11.3 Å². The lowest BCUT2D eigenvalue weighted by Gasteiger charge is -2.16. The molecule has 1 atom stereocenters.